The minimum Gasteiger partial charge on any atom is -0.497 e. The number of methoxy groups -OCH3 is 2. The number of esters is 1. The quantitative estimate of drug-likeness (QED) is 0.587. The Balaban J connectivity index is 1.97. The summed E-state index contributed by atoms with van der Waals surface area (Å²) in [5, 5.41) is 0. The van der Waals surface area contributed by atoms with Gasteiger partial charge in [0, 0.05) is 5.56 Å². The summed E-state index contributed by atoms with van der Waals surface area (Å²) in [7, 11) is 2.85. The van der Waals surface area contributed by atoms with E-state index in [0.29, 0.717) is 31.9 Å². The molecule has 0 fully saturated rings. The van der Waals surface area contributed by atoms with Crippen LogP contribution in [0.25, 0.3) is 6.08 Å². The maximum absolute atomic E-state index is 14.1. The fourth-order valence-corrected chi connectivity index (χ4v) is 4.57. The highest BCUT2D eigenvalue weighted by atomic mass is 32.1. The minimum absolute atomic E-state index is 0.275. The summed E-state index contributed by atoms with van der Waals surface area (Å²) >= 11 is 1.15. The van der Waals surface area contributed by atoms with Gasteiger partial charge < -0.3 is 9.47 Å². The summed E-state index contributed by atoms with van der Waals surface area (Å²) in [5.74, 6) is -0.340. The highest BCUT2D eigenvalue weighted by Gasteiger charge is 2.33. The van der Waals surface area contributed by atoms with Gasteiger partial charge in [-0.15, -0.1) is 0 Å². The van der Waals surface area contributed by atoms with Crippen molar-refractivity contribution in [3.8, 4) is 5.75 Å². The molecule has 1 aromatic heterocycles. The summed E-state index contributed by atoms with van der Waals surface area (Å²) in [4.78, 5) is 30.9. The third kappa shape index (κ3) is 3.70. The Morgan fingerprint density at radius 1 is 1.16 bits per heavy atom. The molecule has 0 N–H and O–H groups in total. The highest BCUT2D eigenvalue weighted by molar-refractivity contribution is 7.07. The molecule has 0 bridgehead atoms. The number of rotatable bonds is 4. The number of hydrogen-bond donors (Lipinski definition) is 0. The van der Waals surface area contributed by atoms with Crippen molar-refractivity contribution in [1.29, 1.82) is 0 Å². The Morgan fingerprint density at radius 2 is 1.87 bits per heavy atom. The van der Waals surface area contributed by atoms with Crippen LogP contribution in [0, 0.1) is 5.82 Å². The second kappa shape index (κ2) is 8.31. The van der Waals surface area contributed by atoms with Crippen LogP contribution in [0.5, 0.6) is 5.75 Å². The molecular weight excluding hydrogens is 419 g/mol. The normalized spacial score (nSPS) is 16.0. The van der Waals surface area contributed by atoms with Crippen molar-refractivity contribution in [3.63, 3.8) is 0 Å². The lowest BCUT2D eigenvalue weighted by Crippen LogP contribution is -2.39. The number of nitrogens with zero attached hydrogens (tertiary/aromatic N) is 2. The van der Waals surface area contributed by atoms with Crippen LogP contribution < -0.4 is 19.6 Å². The zero-order valence-electron chi connectivity index (χ0n) is 17.1. The van der Waals surface area contributed by atoms with E-state index in [9.17, 15) is 14.0 Å². The number of hydrogen-bond acceptors (Lipinski definition) is 6. The van der Waals surface area contributed by atoms with Gasteiger partial charge in [-0.1, -0.05) is 41.7 Å². The van der Waals surface area contributed by atoms with Crippen LogP contribution in [-0.4, -0.2) is 24.8 Å². The monoisotopic (exact) mass is 438 g/mol. The number of fused-ring (bicyclic) bond motifs is 1. The fraction of sp³-hybridized carbons (Fsp3) is 0.174. The van der Waals surface area contributed by atoms with E-state index in [4.69, 9.17) is 9.47 Å². The summed E-state index contributed by atoms with van der Waals surface area (Å²) in [5.41, 5.74) is 1.39. The number of allylic oxidation sites excluding steroid dienone is 1. The van der Waals surface area contributed by atoms with Gasteiger partial charge in [0.1, 0.15) is 11.6 Å². The summed E-state index contributed by atoms with van der Waals surface area (Å²) in [6.45, 7) is 1.71. The van der Waals surface area contributed by atoms with Gasteiger partial charge in [0.15, 0.2) is 4.80 Å². The topological polar surface area (TPSA) is 69.9 Å². The third-order valence-electron chi connectivity index (χ3n) is 5.05. The molecule has 1 aliphatic rings. The van der Waals surface area contributed by atoms with Crippen LogP contribution in [0.15, 0.2) is 69.6 Å². The second-order valence-corrected chi connectivity index (χ2v) is 7.88. The number of benzene rings is 2. The van der Waals surface area contributed by atoms with E-state index in [1.807, 2.05) is 0 Å². The van der Waals surface area contributed by atoms with Crippen molar-refractivity contribution in [3.05, 3.63) is 96.4 Å². The SMILES string of the molecule is COC(=O)C1=C(C)N=c2s/c(=C\c3ccccc3F)c(=O)n2[C@H]1c1ccc(OC)cc1. The smallest absolute Gasteiger partial charge is 0.338 e. The van der Waals surface area contributed by atoms with Crippen LogP contribution in [0.1, 0.15) is 24.1 Å². The van der Waals surface area contributed by atoms with Crippen molar-refractivity contribution in [2.24, 2.45) is 4.99 Å². The zero-order valence-corrected chi connectivity index (χ0v) is 17.9. The molecule has 0 spiro atoms. The van der Waals surface area contributed by atoms with Crippen molar-refractivity contribution in [2.75, 3.05) is 14.2 Å². The zero-order chi connectivity index (χ0) is 22.1. The molecule has 8 heteroatoms. The first kappa shape index (κ1) is 20.7. The second-order valence-electron chi connectivity index (χ2n) is 6.87. The third-order valence-corrected chi connectivity index (χ3v) is 6.03. The van der Waals surface area contributed by atoms with Gasteiger partial charge in [-0.3, -0.25) is 9.36 Å². The van der Waals surface area contributed by atoms with E-state index in [-0.39, 0.29) is 11.1 Å². The lowest BCUT2D eigenvalue weighted by atomic mass is 9.96. The molecule has 1 aliphatic heterocycles. The average Bonchev–Trinajstić information content (AvgIpc) is 3.08. The molecular formula is C23H19FN2O4S. The summed E-state index contributed by atoms with van der Waals surface area (Å²) in [6, 6.07) is 12.6. The molecule has 0 unspecified atom stereocenters. The Morgan fingerprint density at radius 3 is 2.52 bits per heavy atom. The molecule has 31 heavy (non-hydrogen) atoms. The lowest BCUT2D eigenvalue weighted by Gasteiger charge is -2.24. The fourth-order valence-electron chi connectivity index (χ4n) is 3.53. The van der Waals surface area contributed by atoms with Gasteiger partial charge in [0.25, 0.3) is 5.56 Å². The van der Waals surface area contributed by atoms with Crippen molar-refractivity contribution in [2.45, 2.75) is 13.0 Å². The van der Waals surface area contributed by atoms with E-state index < -0.39 is 17.8 Å². The number of ether oxygens (including phenoxy) is 2. The van der Waals surface area contributed by atoms with E-state index in [1.54, 1.807) is 56.5 Å². The van der Waals surface area contributed by atoms with E-state index in [2.05, 4.69) is 4.99 Å². The first-order chi connectivity index (χ1) is 14.9. The van der Waals surface area contributed by atoms with Crippen LogP contribution in [0.4, 0.5) is 4.39 Å². The van der Waals surface area contributed by atoms with Gasteiger partial charge in [0.05, 0.1) is 36.1 Å². The molecule has 4 rings (SSSR count). The Kier molecular flexibility index (Phi) is 5.56. The van der Waals surface area contributed by atoms with Crippen molar-refractivity contribution < 1.29 is 18.7 Å². The number of thiazole rings is 1. The number of aromatic nitrogens is 1. The summed E-state index contributed by atoms with van der Waals surface area (Å²) in [6.07, 6.45) is 1.50. The maximum atomic E-state index is 14.1. The van der Waals surface area contributed by atoms with Gasteiger partial charge in [-0.25, -0.2) is 14.2 Å². The van der Waals surface area contributed by atoms with Crippen molar-refractivity contribution >= 4 is 23.4 Å². The molecule has 0 saturated heterocycles. The van der Waals surface area contributed by atoms with Crippen LogP contribution in [-0.2, 0) is 9.53 Å². The molecule has 158 valence electrons. The molecule has 2 aromatic carbocycles. The predicted molar refractivity (Wildman–Crippen MR) is 115 cm³/mol. The van der Waals surface area contributed by atoms with Crippen LogP contribution in [0.3, 0.4) is 0 Å². The van der Waals surface area contributed by atoms with E-state index in [1.165, 1.54) is 23.8 Å². The number of carbonyl (C=O) groups excluding carboxylic acids is 1. The lowest BCUT2D eigenvalue weighted by molar-refractivity contribution is -0.136. The summed E-state index contributed by atoms with van der Waals surface area (Å²) < 4.78 is 26.1. The Hall–Kier alpha value is -3.52. The molecule has 0 saturated carbocycles. The van der Waals surface area contributed by atoms with Gasteiger partial charge in [-0.2, -0.15) is 0 Å². The molecule has 3 aromatic rings. The maximum Gasteiger partial charge on any atom is 0.338 e. The van der Waals surface area contributed by atoms with E-state index in [0.717, 1.165) is 11.3 Å². The highest BCUT2D eigenvalue weighted by Crippen LogP contribution is 2.31. The van der Waals surface area contributed by atoms with E-state index >= 15 is 0 Å². The van der Waals surface area contributed by atoms with Crippen LogP contribution in [0.2, 0.25) is 0 Å². The number of halogens is 1. The molecule has 6 nitrogen and oxygen atoms in total. The standard InChI is InChI=1S/C23H19FN2O4S/c1-13-19(22(28)30-3)20(14-8-10-16(29-2)11-9-14)26-21(27)18(31-23(26)25-13)12-15-6-4-5-7-17(15)24/h4-12,20H,1-3H3/b18-12-/t20-/m0/s1. The first-order valence-electron chi connectivity index (χ1n) is 9.44. The van der Waals surface area contributed by atoms with Crippen molar-refractivity contribution in [1.82, 2.24) is 4.57 Å². The van der Waals surface area contributed by atoms with Gasteiger partial charge in [-0.05, 0) is 36.8 Å². The van der Waals surface area contributed by atoms with Gasteiger partial charge in [0.2, 0.25) is 0 Å². The molecule has 0 radical (unpaired) electrons. The molecule has 0 amide bonds. The average molecular weight is 438 g/mol. The van der Waals surface area contributed by atoms with Crippen LogP contribution >= 0.6 is 11.3 Å². The molecule has 2 heterocycles. The Bertz CT molecular complexity index is 1370. The first-order valence-corrected chi connectivity index (χ1v) is 10.3. The number of carbonyl (C=O) groups is 1. The minimum atomic E-state index is -0.725. The largest absolute Gasteiger partial charge is 0.497 e. The van der Waals surface area contributed by atoms with Gasteiger partial charge >= 0.3 is 5.97 Å². The predicted octanol–water partition coefficient (Wildman–Crippen LogP) is 2.56. The Labute approximate surface area is 181 Å². The molecule has 1 atom stereocenters. The molecule has 0 aliphatic carbocycles.